The highest BCUT2D eigenvalue weighted by Gasteiger charge is 2.23. The number of hydrogen-bond acceptors (Lipinski definition) is 4. The van der Waals surface area contributed by atoms with Crippen molar-refractivity contribution in [3.8, 4) is 11.5 Å². The molecule has 0 spiro atoms. The fourth-order valence-corrected chi connectivity index (χ4v) is 2.07. The van der Waals surface area contributed by atoms with Crippen molar-refractivity contribution < 1.29 is 14.5 Å². The van der Waals surface area contributed by atoms with Crippen molar-refractivity contribution in [1.29, 1.82) is 0 Å². The molecule has 7 heteroatoms. The van der Waals surface area contributed by atoms with E-state index in [0.717, 1.165) is 0 Å². The lowest BCUT2D eigenvalue weighted by Crippen LogP contribution is -2.10. The Kier molecular flexibility index (Phi) is 2.80. The number of nitro groups is 1. The molecule has 20 heavy (non-hydrogen) atoms. The Labute approximate surface area is 118 Å². The van der Waals surface area contributed by atoms with Crippen molar-refractivity contribution in [1.82, 2.24) is 0 Å². The largest absolute Gasteiger partial charge is 0.454 e. The highest BCUT2D eigenvalue weighted by Crippen LogP contribution is 2.38. The lowest BCUT2D eigenvalue weighted by Gasteiger charge is -2.07. The minimum absolute atomic E-state index is 0.137. The second-order valence-corrected chi connectivity index (χ2v) is 4.57. The van der Waals surface area contributed by atoms with Gasteiger partial charge in [0.25, 0.3) is 11.6 Å². The number of nitrogens with zero attached hydrogens (tertiary/aromatic N) is 1. The molecule has 1 heterocycles. The highest BCUT2D eigenvalue weighted by molar-refractivity contribution is 6.31. The number of rotatable bonds is 1. The number of fused-ring (bicyclic) bond motifs is 2. The number of non-ortho nitro benzene ring substituents is 1. The standard InChI is InChI=1S/C13H7ClN2O4/c14-7-1-4-11-10(5-7)15-13(17)9-3-2-8(16(18)19)6-12(9)20-11/h1-6H,(H,15,17). The summed E-state index contributed by atoms with van der Waals surface area (Å²) in [7, 11) is 0. The molecule has 6 nitrogen and oxygen atoms in total. The molecule has 0 unspecified atom stereocenters. The maximum Gasteiger partial charge on any atom is 0.273 e. The molecule has 0 aromatic heterocycles. The molecule has 0 radical (unpaired) electrons. The fourth-order valence-electron chi connectivity index (χ4n) is 1.89. The first-order valence-corrected chi connectivity index (χ1v) is 5.99. The zero-order valence-corrected chi connectivity index (χ0v) is 10.7. The van der Waals surface area contributed by atoms with Crippen molar-refractivity contribution in [3.63, 3.8) is 0 Å². The molecular weight excluding hydrogens is 284 g/mol. The van der Waals surface area contributed by atoms with Gasteiger partial charge in [-0.05, 0) is 24.3 Å². The average Bonchev–Trinajstić information content (AvgIpc) is 2.54. The first-order valence-electron chi connectivity index (χ1n) is 5.62. The molecule has 1 aliphatic heterocycles. The zero-order valence-electron chi connectivity index (χ0n) is 9.92. The number of anilines is 1. The van der Waals surface area contributed by atoms with Gasteiger partial charge in [-0.1, -0.05) is 11.6 Å². The van der Waals surface area contributed by atoms with E-state index in [1.165, 1.54) is 18.2 Å². The van der Waals surface area contributed by atoms with Gasteiger partial charge in [0.2, 0.25) is 0 Å². The number of carbonyl (C=O) groups excluding carboxylic acids is 1. The van der Waals surface area contributed by atoms with E-state index in [1.807, 2.05) is 0 Å². The Morgan fingerprint density at radius 1 is 1.15 bits per heavy atom. The molecule has 2 aromatic rings. The van der Waals surface area contributed by atoms with E-state index in [2.05, 4.69) is 5.32 Å². The zero-order chi connectivity index (χ0) is 14.3. The number of amides is 1. The van der Waals surface area contributed by atoms with Crippen LogP contribution in [0.1, 0.15) is 10.4 Å². The van der Waals surface area contributed by atoms with Crippen LogP contribution in [-0.4, -0.2) is 10.8 Å². The molecular formula is C13H7ClN2O4. The molecule has 0 saturated heterocycles. The number of benzene rings is 2. The second kappa shape index (κ2) is 4.50. The average molecular weight is 291 g/mol. The topological polar surface area (TPSA) is 81.5 Å². The third-order valence-electron chi connectivity index (χ3n) is 2.83. The Bertz CT molecular complexity index is 745. The van der Waals surface area contributed by atoms with E-state index in [0.29, 0.717) is 16.5 Å². The van der Waals surface area contributed by atoms with Gasteiger partial charge in [-0.3, -0.25) is 14.9 Å². The van der Waals surface area contributed by atoms with Crippen LogP contribution in [0, 0.1) is 10.1 Å². The Morgan fingerprint density at radius 2 is 1.95 bits per heavy atom. The third kappa shape index (κ3) is 2.06. The summed E-state index contributed by atoms with van der Waals surface area (Å²) in [6.45, 7) is 0. The Morgan fingerprint density at radius 3 is 2.70 bits per heavy atom. The monoisotopic (exact) mass is 290 g/mol. The van der Waals surface area contributed by atoms with E-state index >= 15 is 0 Å². The van der Waals surface area contributed by atoms with Crippen LogP contribution in [0.25, 0.3) is 0 Å². The minimum Gasteiger partial charge on any atom is -0.454 e. The van der Waals surface area contributed by atoms with E-state index in [9.17, 15) is 14.9 Å². The molecule has 1 amide bonds. The second-order valence-electron chi connectivity index (χ2n) is 4.13. The predicted molar refractivity (Wildman–Crippen MR) is 72.6 cm³/mol. The van der Waals surface area contributed by atoms with Gasteiger partial charge in [0.05, 0.1) is 22.2 Å². The lowest BCUT2D eigenvalue weighted by molar-refractivity contribution is -0.384. The molecule has 0 fully saturated rings. The summed E-state index contributed by atoms with van der Waals surface area (Å²) >= 11 is 5.86. The molecule has 1 aliphatic rings. The molecule has 0 bridgehead atoms. The maximum absolute atomic E-state index is 12.1. The van der Waals surface area contributed by atoms with Crippen LogP contribution in [0.3, 0.4) is 0 Å². The van der Waals surface area contributed by atoms with Crippen LogP contribution >= 0.6 is 11.6 Å². The quantitative estimate of drug-likeness (QED) is 0.642. The molecule has 0 atom stereocenters. The summed E-state index contributed by atoms with van der Waals surface area (Å²) in [5.41, 5.74) is 0.498. The number of halogens is 1. The van der Waals surface area contributed by atoms with Crippen molar-refractivity contribution in [3.05, 3.63) is 57.1 Å². The summed E-state index contributed by atoms with van der Waals surface area (Å²) in [6, 6.07) is 8.58. The normalized spacial score (nSPS) is 12.6. The van der Waals surface area contributed by atoms with Gasteiger partial charge in [-0.25, -0.2) is 0 Å². The molecule has 3 rings (SSSR count). The van der Waals surface area contributed by atoms with E-state index in [4.69, 9.17) is 16.3 Å². The van der Waals surface area contributed by atoms with Gasteiger partial charge in [-0.15, -0.1) is 0 Å². The summed E-state index contributed by atoms with van der Waals surface area (Å²) < 4.78 is 5.57. The molecule has 1 N–H and O–H groups in total. The van der Waals surface area contributed by atoms with Crippen molar-refractivity contribution in [2.45, 2.75) is 0 Å². The molecule has 0 aliphatic carbocycles. The van der Waals surface area contributed by atoms with Gasteiger partial charge in [0.15, 0.2) is 5.75 Å². The van der Waals surface area contributed by atoms with Crippen LogP contribution in [0.2, 0.25) is 5.02 Å². The van der Waals surface area contributed by atoms with Crippen molar-refractivity contribution in [2.75, 3.05) is 5.32 Å². The van der Waals surface area contributed by atoms with E-state index in [1.54, 1.807) is 18.2 Å². The SMILES string of the molecule is O=C1Nc2cc(Cl)ccc2Oc2cc([N+](=O)[O-])ccc21. The first-order chi connectivity index (χ1) is 9.54. The Hall–Kier alpha value is -2.60. The first kappa shape index (κ1) is 12.4. The smallest absolute Gasteiger partial charge is 0.273 e. The summed E-state index contributed by atoms with van der Waals surface area (Å²) in [6.07, 6.45) is 0. The van der Waals surface area contributed by atoms with Gasteiger partial charge in [-0.2, -0.15) is 0 Å². The van der Waals surface area contributed by atoms with Gasteiger partial charge >= 0.3 is 0 Å². The lowest BCUT2D eigenvalue weighted by atomic mass is 10.1. The number of ether oxygens (including phenoxy) is 1. The fraction of sp³-hybridized carbons (Fsp3) is 0. The summed E-state index contributed by atoms with van der Waals surface area (Å²) in [5, 5.41) is 13.9. The van der Waals surface area contributed by atoms with Crippen molar-refractivity contribution in [2.24, 2.45) is 0 Å². The van der Waals surface area contributed by atoms with Gasteiger partial charge in [0.1, 0.15) is 5.75 Å². The molecule has 100 valence electrons. The predicted octanol–water partition coefficient (Wildman–Crippen LogP) is 3.61. The van der Waals surface area contributed by atoms with Gasteiger partial charge < -0.3 is 10.1 Å². The molecule has 2 aromatic carbocycles. The summed E-state index contributed by atoms with van der Waals surface area (Å²) in [5.74, 6) is 0.107. The van der Waals surface area contributed by atoms with Crippen LogP contribution < -0.4 is 10.1 Å². The van der Waals surface area contributed by atoms with Crippen LogP contribution in [0.5, 0.6) is 11.5 Å². The number of nitro benzene ring substituents is 1. The van der Waals surface area contributed by atoms with E-state index < -0.39 is 10.8 Å². The summed E-state index contributed by atoms with van der Waals surface area (Å²) in [4.78, 5) is 22.3. The number of nitrogens with one attached hydrogen (secondary N) is 1. The number of hydrogen-bond donors (Lipinski definition) is 1. The van der Waals surface area contributed by atoms with Crippen molar-refractivity contribution >= 4 is 28.9 Å². The van der Waals surface area contributed by atoms with Gasteiger partial charge in [0, 0.05) is 11.1 Å². The van der Waals surface area contributed by atoms with E-state index in [-0.39, 0.29) is 17.0 Å². The van der Waals surface area contributed by atoms with Crippen LogP contribution in [0.15, 0.2) is 36.4 Å². The van der Waals surface area contributed by atoms with Crippen LogP contribution in [0.4, 0.5) is 11.4 Å². The molecule has 0 saturated carbocycles. The third-order valence-corrected chi connectivity index (χ3v) is 3.07. The minimum atomic E-state index is -0.546. The Balaban J connectivity index is 2.14. The van der Waals surface area contributed by atoms with Crippen LogP contribution in [-0.2, 0) is 0 Å². The maximum atomic E-state index is 12.1. The number of carbonyl (C=O) groups is 1. The highest BCUT2D eigenvalue weighted by atomic mass is 35.5.